The minimum Gasteiger partial charge on any atom is -0.454 e. The molecule has 2 aromatic rings. The summed E-state index contributed by atoms with van der Waals surface area (Å²) in [6.07, 6.45) is 0.323. The molecule has 6 heteroatoms. The van der Waals surface area contributed by atoms with E-state index in [9.17, 15) is 9.18 Å². The third kappa shape index (κ3) is 4.21. The van der Waals surface area contributed by atoms with Crippen LogP contribution in [0.15, 0.2) is 42.5 Å². The molecule has 0 saturated heterocycles. The third-order valence-corrected chi connectivity index (χ3v) is 4.02. The van der Waals surface area contributed by atoms with Crippen molar-refractivity contribution in [2.24, 2.45) is 0 Å². The van der Waals surface area contributed by atoms with Gasteiger partial charge in [0.05, 0.1) is 0 Å². The second-order valence-electron chi connectivity index (χ2n) is 6.13. The van der Waals surface area contributed by atoms with Gasteiger partial charge in [-0.15, -0.1) is 0 Å². The smallest absolute Gasteiger partial charge is 0.231 e. The van der Waals surface area contributed by atoms with Crippen molar-refractivity contribution in [2.75, 3.05) is 23.6 Å². The van der Waals surface area contributed by atoms with Crippen LogP contribution >= 0.6 is 0 Å². The van der Waals surface area contributed by atoms with Crippen molar-refractivity contribution in [1.82, 2.24) is 0 Å². The van der Waals surface area contributed by atoms with Crippen LogP contribution in [0.4, 0.5) is 15.8 Å². The van der Waals surface area contributed by atoms with E-state index in [1.54, 1.807) is 30.3 Å². The zero-order chi connectivity index (χ0) is 17.8. The van der Waals surface area contributed by atoms with Gasteiger partial charge in [0.25, 0.3) is 0 Å². The fourth-order valence-corrected chi connectivity index (χ4v) is 2.74. The maximum Gasteiger partial charge on any atom is 0.231 e. The lowest BCUT2D eigenvalue weighted by molar-refractivity contribution is -0.116. The van der Waals surface area contributed by atoms with Crippen LogP contribution in [0.2, 0.25) is 0 Å². The lowest BCUT2D eigenvalue weighted by atomic mass is 10.2. The predicted octanol–water partition coefficient (Wildman–Crippen LogP) is 3.80. The standard InChI is InChI=1S/C19H21FN2O3/c1-13(2)22(16-6-3-14(20)4-7-16)10-9-19(23)21-15-5-8-17-18(11-15)25-12-24-17/h3-8,11,13H,9-10,12H2,1-2H3,(H,21,23). The van der Waals surface area contributed by atoms with E-state index in [0.29, 0.717) is 30.2 Å². The summed E-state index contributed by atoms with van der Waals surface area (Å²) in [5.74, 6) is 0.952. The monoisotopic (exact) mass is 344 g/mol. The van der Waals surface area contributed by atoms with Gasteiger partial charge < -0.3 is 19.7 Å². The Hall–Kier alpha value is -2.76. The molecule has 1 N–H and O–H groups in total. The number of nitrogens with zero attached hydrogens (tertiary/aromatic N) is 1. The quantitative estimate of drug-likeness (QED) is 0.866. The highest BCUT2D eigenvalue weighted by Gasteiger charge is 2.16. The number of benzene rings is 2. The number of rotatable bonds is 6. The molecule has 5 nitrogen and oxygen atoms in total. The minimum absolute atomic E-state index is 0.0911. The Balaban J connectivity index is 1.59. The molecule has 132 valence electrons. The molecule has 0 spiro atoms. The zero-order valence-corrected chi connectivity index (χ0v) is 14.3. The SMILES string of the molecule is CC(C)N(CCC(=O)Nc1ccc2c(c1)OCO2)c1ccc(F)cc1. The van der Waals surface area contributed by atoms with Crippen molar-refractivity contribution in [3.63, 3.8) is 0 Å². The maximum atomic E-state index is 13.1. The van der Waals surface area contributed by atoms with Crippen LogP contribution in [-0.4, -0.2) is 25.3 Å². The Morgan fingerprint density at radius 2 is 1.88 bits per heavy atom. The number of ether oxygens (including phenoxy) is 2. The summed E-state index contributed by atoms with van der Waals surface area (Å²) in [6.45, 7) is 4.83. The molecule has 1 heterocycles. The van der Waals surface area contributed by atoms with Crippen LogP contribution < -0.4 is 19.7 Å². The Labute approximate surface area is 146 Å². The van der Waals surface area contributed by atoms with E-state index in [-0.39, 0.29) is 24.6 Å². The van der Waals surface area contributed by atoms with Crippen LogP contribution in [0.3, 0.4) is 0 Å². The van der Waals surface area contributed by atoms with Crippen LogP contribution in [-0.2, 0) is 4.79 Å². The summed E-state index contributed by atoms with van der Waals surface area (Å²) >= 11 is 0. The molecule has 0 fully saturated rings. The number of fused-ring (bicyclic) bond motifs is 1. The van der Waals surface area contributed by atoms with E-state index in [2.05, 4.69) is 10.2 Å². The van der Waals surface area contributed by atoms with E-state index in [1.165, 1.54) is 12.1 Å². The second kappa shape index (κ2) is 7.42. The van der Waals surface area contributed by atoms with Crippen molar-refractivity contribution in [3.8, 4) is 11.5 Å². The molecule has 25 heavy (non-hydrogen) atoms. The molecule has 0 aromatic heterocycles. The van der Waals surface area contributed by atoms with Gasteiger partial charge in [0.15, 0.2) is 11.5 Å². The molecule has 0 unspecified atom stereocenters. The van der Waals surface area contributed by atoms with Gasteiger partial charge in [0.2, 0.25) is 12.7 Å². The molecule has 1 aliphatic heterocycles. The highest BCUT2D eigenvalue weighted by atomic mass is 19.1. The van der Waals surface area contributed by atoms with Gasteiger partial charge in [-0.3, -0.25) is 4.79 Å². The summed E-state index contributed by atoms with van der Waals surface area (Å²) in [6, 6.07) is 11.8. The molecule has 0 radical (unpaired) electrons. The van der Waals surface area contributed by atoms with Gasteiger partial charge in [-0.1, -0.05) is 0 Å². The van der Waals surface area contributed by atoms with Gasteiger partial charge >= 0.3 is 0 Å². The molecule has 0 saturated carbocycles. The third-order valence-electron chi connectivity index (χ3n) is 4.02. The summed E-state index contributed by atoms with van der Waals surface area (Å²) in [4.78, 5) is 14.3. The van der Waals surface area contributed by atoms with Crippen LogP contribution in [0.1, 0.15) is 20.3 Å². The molecule has 2 aromatic carbocycles. The number of hydrogen-bond donors (Lipinski definition) is 1. The van der Waals surface area contributed by atoms with Crippen molar-refractivity contribution in [3.05, 3.63) is 48.3 Å². The summed E-state index contributed by atoms with van der Waals surface area (Å²) in [5.41, 5.74) is 1.57. The Kier molecular flexibility index (Phi) is 5.07. The molecule has 0 bridgehead atoms. The van der Waals surface area contributed by atoms with E-state index in [0.717, 1.165) is 5.69 Å². The number of carbonyl (C=O) groups excluding carboxylic acids is 1. The number of carbonyl (C=O) groups is 1. The van der Waals surface area contributed by atoms with Gasteiger partial charge in [-0.25, -0.2) is 4.39 Å². The fraction of sp³-hybridized carbons (Fsp3) is 0.316. The Bertz CT molecular complexity index is 747. The van der Waals surface area contributed by atoms with Gasteiger partial charge in [0.1, 0.15) is 5.82 Å². The van der Waals surface area contributed by atoms with E-state index < -0.39 is 0 Å². The maximum absolute atomic E-state index is 13.1. The minimum atomic E-state index is -0.270. The van der Waals surface area contributed by atoms with Crippen LogP contribution in [0, 0.1) is 5.82 Å². The zero-order valence-electron chi connectivity index (χ0n) is 14.3. The Morgan fingerprint density at radius 3 is 2.60 bits per heavy atom. The average molecular weight is 344 g/mol. The molecule has 0 atom stereocenters. The topological polar surface area (TPSA) is 50.8 Å². The van der Waals surface area contributed by atoms with E-state index >= 15 is 0 Å². The number of hydrogen-bond acceptors (Lipinski definition) is 4. The number of anilines is 2. The first kappa shape index (κ1) is 17.1. The number of nitrogens with one attached hydrogen (secondary N) is 1. The van der Waals surface area contributed by atoms with E-state index in [1.807, 2.05) is 13.8 Å². The molecule has 1 aliphatic rings. The lowest BCUT2D eigenvalue weighted by Gasteiger charge is -2.28. The molecular weight excluding hydrogens is 323 g/mol. The highest BCUT2D eigenvalue weighted by molar-refractivity contribution is 5.91. The normalized spacial score (nSPS) is 12.3. The largest absolute Gasteiger partial charge is 0.454 e. The van der Waals surface area contributed by atoms with Crippen LogP contribution in [0.5, 0.6) is 11.5 Å². The first-order chi connectivity index (χ1) is 12.0. The van der Waals surface area contributed by atoms with Crippen molar-refractivity contribution >= 4 is 17.3 Å². The number of amides is 1. The van der Waals surface area contributed by atoms with Crippen molar-refractivity contribution in [2.45, 2.75) is 26.3 Å². The lowest BCUT2D eigenvalue weighted by Crippen LogP contribution is -2.33. The number of halogens is 1. The predicted molar refractivity (Wildman–Crippen MR) is 94.7 cm³/mol. The molecule has 3 rings (SSSR count). The first-order valence-corrected chi connectivity index (χ1v) is 8.24. The van der Waals surface area contributed by atoms with Gasteiger partial charge in [-0.05, 0) is 50.2 Å². The first-order valence-electron chi connectivity index (χ1n) is 8.24. The second-order valence-corrected chi connectivity index (χ2v) is 6.13. The summed E-state index contributed by atoms with van der Waals surface area (Å²) in [5, 5.41) is 2.87. The van der Waals surface area contributed by atoms with Gasteiger partial charge in [0, 0.05) is 36.4 Å². The highest BCUT2D eigenvalue weighted by Crippen LogP contribution is 2.34. The Morgan fingerprint density at radius 1 is 1.16 bits per heavy atom. The summed E-state index contributed by atoms with van der Waals surface area (Å²) in [7, 11) is 0. The molecule has 1 amide bonds. The molecule has 0 aliphatic carbocycles. The average Bonchev–Trinajstić information content (AvgIpc) is 3.04. The molecular formula is C19H21FN2O3. The van der Waals surface area contributed by atoms with Crippen molar-refractivity contribution < 1.29 is 18.7 Å². The van der Waals surface area contributed by atoms with Crippen molar-refractivity contribution in [1.29, 1.82) is 0 Å². The van der Waals surface area contributed by atoms with Gasteiger partial charge in [-0.2, -0.15) is 0 Å². The fourth-order valence-electron chi connectivity index (χ4n) is 2.74. The summed E-state index contributed by atoms with van der Waals surface area (Å²) < 4.78 is 23.7. The van der Waals surface area contributed by atoms with Crippen LogP contribution in [0.25, 0.3) is 0 Å². The van der Waals surface area contributed by atoms with E-state index in [4.69, 9.17) is 9.47 Å².